The molecule has 0 spiro atoms. The van der Waals surface area contributed by atoms with E-state index in [-0.39, 0.29) is 18.0 Å². The Morgan fingerprint density at radius 3 is 2.86 bits per heavy atom. The second-order valence-electron chi connectivity index (χ2n) is 4.87. The first kappa shape index (κ1) is 14.1. The molecule has 0 aliphatic carbocycles. The Hall–Kier alpha value is -2.89. The van der Waals surface area contributed by atoms with Gasteiger partial charge in [-0.2, -0.15) is 0 Å². The van der Waals surface area contributed by atoms with Crippen molar-refractivity contribution in [2.24, 2.45) is 0 Å². The van der Waals surface area contributed by atoms with Gasteiger partial charge in [-0.3, -0.25) is 9.59 Å². The zero-order valence-corrected chi connectivity index (χ0v) is 12.1. The van der Waals surface area contributed by atoms with E-state index in [1.807, 2.05) is 25.1 Å². The van der Waals surface area contributed by atoms with Crippen LogP contribution in [-0.2, 0) is 11.3 Å². The van der Waals surface area contributed by atoms with Crippen molar-refractivity contribution in [3.8, 4) is 0 Å². The number of aromatic amines is 1. The van der Waals surface area contributed by atoms with Crippen molar-refractivity contribution in [2.75, 3.05) is 5.32 Å². The number of rotatable bonds is 3. The third-order valence-electron chi connectivity index (χ3n) is 3.40. The minimum absolute atomic E-state index is 0.00569. The zero-order valence-electron chi connectivity index (χ0n) is 12.1. The summed E-state index contributed by atoms with van der Waals surface area (Å²) < 4.78 is 5.25. The van der Waals surface area contributed by atoms with Crippen LogP contribution in [0, 0.1) is 0 Å². The molecule has 0 saturated carbocycles. The van der Waals surface area contributed by atoms with Crippen molar-refractivity contribution in [1.82, 2.24) is 9.97 Å². The fourth-order valence-corrected chi connectivity index (χ4v) is 2.25. The highest BCUT2D eigenvalue weighted by atomic mass is 16.5. The summed E-state index contributed by atoms with van der Waals surface area (Å²) in [4.78, 5) is 31.2. The number of nitrogens with zero attached hydrogens (tertiary/aromatic N) is 1. The first-order valence-electron chi connectivity index (χ1n) is 6.99. The minimum Gasteiger partial charge on any atom is -0.496 e. The lowest BCUT2D eigenvalue weighted by Crippen LogP contribution is -2.26. The minimum atomic E-state index is -0.451. The molecule has 1 aliphatic heterocycles. The fraction of sp³-hybridized carbons (Fsp3) is 0.188. The Bertz CT molecular complexity index is 794. The van der Waals surface area contributed by atoms with Gasteiger partial charge in [0.2, 0.25) is 0 Å². The van der Waals surface area contributed by atoms with Crippen LogP contribution in [0.5, 0.6) is 0 Å². The van der Waals surface area contributed by atoms with Gasteiger partial charge >= 0.3 is 0 Å². The maximum atomic E-state index is 12.3. The van der Waals surface area contributed by atoms with Gasteiger partial charge in [0, 0.05) is 11.3 Å². The molecule has 0 radical (unpaired) electrons. The van der Waals surface area contributed by atoms with Gasteiger partial charge in [0.05, 0.1) is 17.5 Å². The normalized spacial score (nSPS) is 12.9. The van der Waals surface area contributed by atoms with Crippen molar-refractivity contribution in [1.29, 1.82) is 0 Å². The highest BCUT2D eigenvalue weighted by molar-refractivity contribution is 6.01. The molecule has 2 N–H and O–H groups in total. The summed E-state index contributed by atoms with van der Waals surface area (Å²) in [5.74, 6) is -0.457. The Kier molecular flexibility index (Phi) is 3.74. The number of fused-ring (bicyclic) bond motifs is 1. The van der Waals surface area contributed by atoms with Gasteiger partial charge in [0.1, 0.15) is 6.61 Å². The Morgan fingerprint density at radius 2 is 2.14 bits per heavy atom. The van der Waals surface area contributed by atoms with Crippen LogP contribution in [0.2, 0.25) is 0 Å². The van der Waals surface area contributed by atoms with Gasteiger partial charge < -0.3 is 15.0 Å². The number of para-hydroxylation sites is 1. The first-order valence-corrected chi connectivity index (χ1v) is 6.99. The predicted molar refractivity (Wildman–Crippen MR) is 82.3 cm³/mol. The predicted octanol–water partition coefficient (Wildman–Crippen LogP) is 2.30. The van der Waals surface area contributed by atoms with Crippen LogP contribution in [-0.4, -0.2) is 15.9 Å². The summed E-state index contributed by atoms with van der Waals surface area (Å²) in [6.07, 6.45) is 2.26. The van der Waals surface area contributed by atoms with Crippen molar-refractivity contribution < 1.29 is 9.53 Å². The number of anilines is 1. The third-order valence-corrected chi connectivity index (χ3v) is 3.40. The number of amides is 1. The number of H-pyrrole nitrogens is 1. The third kappa shape index (κ3) is 2.63. The number of ether oxygens (including phenoxy) is 1. The summed E-state index contributed by atoms with van der Waals surface area (Å²) in [6, 6.07) is 9.01. The van der Waals surface area contributed by atoms with Gasteiger partial charge in [0.15, 0.2) is 5.82 Å². The van der Waals surface area contributed by atoms with Crippen molar-refractivity contribution in [3.63, 3.8) is 0 Å². The molecule has 0 unspecified atom stereocenters. The van der Waals surface area contributed by atoms with E-state index >= 15 is 0 Å². The number of aromatic nitrogens is 2. The lowest BCUT2D eigenvalue weighted by Gasteiger charge is -2.16. The second kappa shape index (κ2) is 5.85. The molecule has 1 amide bonds. The number of benzene rings is 1. The highest BCUT2D eigenvalue weighted by Crippen LogP contribution is 2.23. The smallest absolute Gasteiger partial charge is 0.291 e. The molecule has 1 aromatic heterocycles. The number of carbonyl (C=O) groups is 1. The molecular formula is C16H15N3O3. The molecule has 0 atom stereocenters. The summed E-state index contributed by atoms with van der Waals surface area (Å²) in [5, 5.41) is 2.70. The molecular weight excluding hydrogens is 282 g/mol. The zero-order chi connectivity index (χ0) is 15.5. The molecule has 0 bridgehead atoms. The first-order chi connectivity index (χ1) is 10.7. The van der Waals surface area contributed by atoms with E-state index in [1.165, 1.54) is 0 Å². The lowest BCUT2D eigenvalue weighted by atomic mass is 10.1. The van der Waals surface area contributed by atoms with E-state index in [2.05, 4.69) is 15.3 Å². The Morgan fingerprint density at radius 1 is 1.36 bits per heavy atom. The number of hydrogen-bond acceptors (Lipinski definition) is 4. The molecule has 3 rings (SSSR count). The molecule has 112 valence electrons. The SMILES string of the molecule is CCC1=COCc2c1nc(C(=O)Nc1ccccc1)[nH]c2=O. The molecule has 1 aromatic carbocycles. The molecule has 1 aliphatic rings. The van der Waals surface area contributed by atoms with E-state index < -0.39 is 5.91 Å². The van der Waals surface area contributed by atoms with Gasteiger partial charge in [-0.1, -0.05) is 25.1 Å². The van der Waals surface area contributed by atoms with Crippen LogP contribution in [0.3, 0.4) is 0 Å². The second-order valence-corrected chi connectivity index (χ2v) is 4.87. The van der Waals surface area contributed by atoms with E-state index in [4.69, 9.17) is 4.74 Å². The molecule has 22 heavy (non-hydrogen) atoms. The van der Waals surface area contributed by atoms with E-state index in [1.54, 1.807) is 18.4 Å². The van der Waals surface area contributed by atoms with Crippen molar-refractivity contribution in [2.45, 2.75) is 20.0 Å². The number of allylic oxidation sites excluding steroid dienone is 1. The van der Waals surface area contributed by atoms with E-state index in [0.29, 0.717) is 23.4 Å². The van der Waals surface area contributed by atoms with Crippen LogP contribution < -0.4 is 10.9 Å². The standard InChI is InChI=1S/C16H15N3O3/c1-2-10-8-22-9-12-13(10)18-14(19-15(12)20)16(21)17-11-6-4-3-5-7-11/h3-8H,2,9H2,1H3,(H,17,21)(H,18,19,20). The average molecular weight is 297 g/mol. The monoisotopic (exact) mass is 297 g/mol. The van der Waals surface area contributed by atoms with E-state index in [9.17, 15) is 9.59 Å². The van der Waals surface area contributed by atoms with Crippen LogP contribution in [0.15, 0.2) is 41.4 Å². The largest absolute Gasteiger partial charge is 0.496 e. The molecule has 2 aromatic rings. The Labute approximate surface area is 126 Å². The Balaban J connectivity index is 1.96. The number of hydrogen-bond donors (Lipinski definition) is 2. The average Bonchev–Trinajstić information content (AvgIpc) is 2.55. The summed E-state index contributed by atoms with van der Waals surface area (Å²) >= 11 is 0. The lowest BCUT2D eigenvalue weighted by molar-refractivity contribution is 0.101. The summed E-state index contributed by atoms with van der Waals surface area (Å²) in [6.45, 7) is 2.11. The van der Waals surface area contributed by atoms with Crippen LogP contribution in [0.4, 0.5) is 5.69 Å². The number of nitrogens with one attached hydrogen (secondary N) is 2. The summed E-state index contributed by atoms with van der Waals surface area (Å²) in [7, 11) is 0. The fourth-order valence-electron chi connectivity index (χ4n) is 2.25. The molecule has 0 fully saturated rings. The van der Waals surface area contributed by atoms with Gasteiger partial charge in [-0.15, -0.1) is 0 Å². The quantitative estimate of drug-likeness (QED) is 0.910. The van der Waals surface area contributed by atoms with Crippen LogP contribution in [0.1, 0.15) is 35.2 Å². The van der Waals surface area contributed by atoms with Crippen molar-refractivity contribution in [3.05, 3.63) is 64.0 Å². The van der Waals surface area contributed by atoms with E-state index in [0.717, 1.165) is 5.57 Å². The molecule has 6 heteroatoms. The van der Waals surface area contributed by atoms with Crippen molar-refractivity contribution >= 4 is 17.2 Å². The summed E-state index contributed by atoms with van der Waals surface area (Å²) in [5.41, 5.74) is 2.09. The molecule has 6 nitrogen and oxygen atoms in total. The highest BCUT2D eigenvalue weighted by Gasteiger charge is 2.21. The van der Waals surface area contributed by atoms with Gasteiger partial charge in [-0.05, 0) is 18.6 Å². The van der Waals surface area contributed by atoms with Gasteiger partial charge in [-0.25, -0.2) is 4.98 Å². The molecule has 0 saturated heterocycles. The number of carbonyl (C=O) groups excluding carboxylic acids is 1. The van der Waals surface area contributed by atoms with Gasteiger partial charge in [0.25, 0.3) is 11.5 Å². The van der Waals surface area contributed by atoms with Crippen LogP contribution >= 0.6 is 0 Å². The maximum absolute atomic E-state index is 12.3. The maximum Gasteiger partial charge on any atom is 0.291 e. The van der Waals surface area contributed by atoms with Crippen LogP contribution in [0.25, 0.3) is 5.57 Å². The topological polar surface area (TPSA) is 84.1 Å². The molecule has 2 heterocycles.